The number of hydrogen-bond acceptors (Lipinski definition) is 3. The van der Waals surface area contributed by atoms with E-state index in [9.17, 15) is 4.79 Å². The second-order valence-electron chi connectivity index (χ2n) is 5.55. The molecule has 0 aliphatic heterocycles. The van der Waals surface area contributed by atoms with Gasteiger partial charge in [-0.3, -0.25) is 4.79 Å². The van der Waals surface area contributed by atoms with Crippen LogP contribution >= 0.6 is 0 Å². The van der Waals surface area contributed by atoms with Crippen LogP contribution in [0, 0.1) is 6.92 Å². The van der Waals surface area contributed by atoms with Gasteiger partial charge in [0, 0.05) is 30.4 Å². The molecule has 19 heavy (non-hydrogen) atoms. The molecule has 0 aromatic heterocycles. The first-order chi connectivity index (χ1) is 9.11. The van der Waals surface area contributed by atoms with E-state index in [2.05, 4.69) is 24.4 Å². The van der Waals surface area contributed by atoms with Crippen LogP contribution in [0.15, 0.2) is 18.2 Å². The third kappa shape index (κ3) is 2.81. The van der Waals surface area contributed by atoms with Crippen LogP contribution in [0.4, 0.5) is 0 Å². The van der Waals surface area contributed by atoms with Gasteiger partial charge in [0.1, 0.15) is 11.5 Å². The number of nitrogens with one attached hydrogen (secondary N) is 1. The second-order valence-corrected chi connectivity index (χ2v) is 5.55. The number of methoxy groups -OCH3 is 1. The van der Waals surface area contributed by atoms with Crippen LogP contribution in [-0.2, 0) is 10.2 Å². The van der Waals surface area contributed by atoms with Crippen LogP contribution in [-0.4, -0.2) is 26.5 Å². The Morgan fingerprint density at radius 2 is 2.00 bits per heavy atom. The summed E-state index contributed by atoms with van der Waals surface area (Å²) < 4.78 is 5.54. The molecule has 0 amide bonds. The van der Waals surface area contributed by atoms with Crippen molar-refractivity contribution in [3.8, 4) is 5.75 Å². The van der Waals surface area contributed by atoms with Crippen molar-refractivity contribution in [1.82, 2.24) is 5.32 Å². The number of likely N-dealkylation sites (N-methyl/N-ethyl adjacent to an activating group) is 1. The SMILES string of the molecule is CNCC1(c2cc(C)ccc2OC)CCC(=O)CC1. The standard InChI is InChI=1S/C16H23NO2/c1-12-4-5-15(19-3)14(10-12)16(11-17-2)8-6-13(18)7-9-16/h4-5,10,17H,6-9,11H2,1-3H3. The maximum Gasteiger partial charge on any atom is 0.132 e. The van der Waals surface area contributed by atoms with Gasteiger partial charge in [-0.15, -0.1) is 0 Å². The van der Waals surface area contributed by atoms with Crippen molar-refractivity contribution in [3.63, 3.8) is 0 Å². The molecule has 2 rings (SSSR count). The molecule has 0 radical (unpaired) electrons. The fourth-order valence-corrected chi connectivity index (χ4v) is 3.12. The average molecular weight is 261 g/mol. The van der Waals surface area contributed by atoms with E-state index in [1.165, 1.54) is 11.1 Å². The monoisotopic (exact) mass is 261 g/mol. The molecule has 3 heteroatoms. The zero-order valence-corrected chi connectivity index (χ0v) is 12.1. The number of benzene rings is 1. The minimum atomic E-state index is 0.0278. The summed E-state index contributed by atoms with van der Waals surface area (Å²) in [5, 5.41) is 3.30. The molecule has 0 atom stereocenters. The molecule has 104 valence electrons. The smallest absolute Gasteiger partial charge is 0.132 e. The van der Waals surface area contributed by atoms with E-state index in [4.69, 9.17) is 4.74 Å². The van der Waals surface area contributed by atoms with Gasteiger partial charge >= 0.3 is 0 Å². The van der Waals surface area contributed by atoms with Crippen molar-refractivity contribution >= 4 is 5.78 Å². The zero-order chi connectivity index (χ0) is 13.9. The highest BCUT2D eigenvalue weighted by molar-refractivity contribution is 5.79. The zero-order valence-electron chi connectivity index (χ0n) is 12.1. The summed E-state index contributed by atoms with van der Waals surface area (Å²) in [6.45, 7) is 2.99. The Bertz CT molecular complexity index is 458. The van der Waals surface area contributed by atoms with Crippen molar-refractivity contribution in [2.45, 2.75) is 38.0 Å². The van der Waals surface area contributed by atoms with Crippen molar-refractivity contribution in [3.05, 3.63) is 29.3 Å². The Morgan fingerprint density at radius 3 is 2.58 bits per heavy atom. The first-order valence-electron chi connectivity index (χ1n) is 6.93. The van der Waals surface area contributed by atoms with Crippen LogP contribution in [0.2, 0.25) is 0 Å². The summed E-state index contributed by atoms with van der Waals surface area (Å²) in [6, 6.07) is 6.33. The van der Waals surface area contributed by atoms with Gasteiger partial charge in [0.15, 0.2) is 0 Å². The molecule has 0 heterocycles. The molecule has 0 saturated heterocycles. The molecule has 3 nitrogen and oxygen atoms in total. The average Bonchev–Trinajstić information content (AvgIpc) is 2.42. The molecule has 1 N–H and O–H groups in total. The Hall–Kier alpha value is -1.35. The van der Waals surface area contributed by atoms with Crippen LogP contribution in [0.5, 0.6) is 5.75 Å². The van der Waals surface area contributed by atoms with E-state index in [1.807, 2.05) is 13.1 Å². The summed E-state index contributed by atoms with van der Waals surface area (Å²) in [7, 11) is 3.69. The van der Waals surface area contributed by atoms with Crippen LogP contribution < -0.4 is 10.1 Å². The summed E-state index contributed by atoms with van der Waals surface area (Å²) in [6.07, 6.45) is 3.18. The van der Waals surface area contributed by atoms with Crippen molar-refractivity contribution in [2.24, 2.45) is 0 Å². The van der Waals surface area contributed by atoms with Gasteiger partial charge in [-0.25, -0.2) is 0 Å². The maximum absolute atomic E-state index is 11.6. The number of aryl methyl sites for hydroxylation is 1. The molecular formula is C16H23NO2. The Balaban J connectivity index is 2.43. The van der Waals surface area contributed by atoms with E-state index < -0.39 is 0 Å². The quantitative estimate of drug-likeness (QED) is 0.905. The molecule has 1 fully saturated rings. The number of ketones is 1. The molecular weight excluding hydrogens is 238 g/mol. The lowest BCUT2D eigenvalue weighted by molar-refractivity contribution is -0.121. The van der Waals surface area contributed by atoms with Crippen LogP contribution in [0.3, 0.4) is 0 Å². The molecule has 1 aliphatic carbocycles. The first-order valence-corrected chi connectivity index (χ1v) is 6.93. The highest BCUT2D eigenvalue weighted by Crippen LogP contribution is 2.42. The number of rotatable bonds is 4. The Labute approximate surface area is 115 Å². The van der Waals surface area contributed by atoms with Crippen LogP contribution in [0.1, 0.15) is 36.8 Å². The van der Waals surface area contributed by atoms with E-state index in [-0.39, 0.29) is 5.41 Å². The minimum absolute atomic E-state index is 0.0278. The molecule has 1 saturated carbocycles. The predicted octanol–water partition coefficient (Wildman–Crippen LogP) is 2.60. The fourth-order valence-electron chi connectivity index (χ4n) is 3.12. The van der Waals surface area contributed by atoms with Gasteiger partial charge in [-0.1, -0.05) is 17.7 Å². The van der Waals surface area contributed by atoms with Gasteiger partial charge in [-0.05, 0) is 32.9 Å². The Kier molecular flexibility index (Phi) is 4.25. The van der Waals surface area contributed by atoms with E-state index in [1.54, 1.807) is 7.11 Å². The number of hydrogen-bond donors (Lipinski definition) is 1. The highest BCUT2D eigenvalue weighted by atomic mass is 16.5. The van der Waals surface area contributed by atoms with Gasteiger partial charge in [0.05, 0.1) is 7.11 Å². The summed E-state index contributed by atoms with van der Waals surface area (Å²) >= 11 is 0. The lowest BCUT2D eigenvalue weighted by Crippen LogP contribution is -2.40. The normalized spacial score (nSPS) is 18.4. The lowest BCUT2D eigenvalue weighted by atomic mass is 9.68. The molecule has 1 aromatic rings. The van der Waals surface area contributed by atoms with E-state index >= 15 is 0 Å². The molecule has 0 bridgehead atoms. The number of carbonyl (C=O) groups excluding carboxylic acids is 1. The van der Waals surface area contributed by atoms with E-state index in [0.29, 0.717) is 18.6 Å². The topological polar surface area (TPSA) is 38.3 Å². The summed E-state index contributed by atoms with van der Waals surface area (Å²) in [5.74, 6) is 1.33. The maximum atomic E-state index is 11.6. The van der Waals surface area contributed by atoms with Gasteiger partial charge in [-0.2, -0.15) is 0 Å². The Morgan fingerprint density at radius 1 is 1.32 bits per heavy atom. The largest absolute Gasteiger partial charge is 0.496 e. The number of carbonyl (C=O) groups is 1. The van der Waals surface area contributed by atoms with Gasteiger partial charge in [0.25, 0.3) is 0 Å². The molecule has 0 unspecified atom stereocenters. The minimum Gasteiger partial charge on any atom is -0.496 e. The second kappa shape index (κ2) is 5.74. The van der Waals surface area contributed by atoms with E-state index in [0.717, 1.165) is 25.1 Å². The third-order valence-electron chi connectivity index (χ3n) is 4.21. The highest BCUT2D eigenvalue weighted by Gasteiger charge is 2.37. The fraction of sp³-hybridized carbons (Fsp3) is 0.562. The van der Waals surface area contributed by atoms with Crippen molar-refractivity contribution in [1.29, 1.82) is 0 Å². The van der Waals surface area contributed by atoms with Gasteiger partial charge in [0.2, 0.25) is 0 Å². The molecule has 1 aliphatic rings. The number of ether oxygens (including phenoxy) is 1. The number of Topliss-reactive ketones (excluding diaryl/α,β-unsaturated/α-hetero) is 1. The first kappa shape index (κ1) is 14.1. The van der Waals surface area contributed by atoms with Crippen molar-refractivity contribution in [2.75, 3.05) is 20.7 Å². The van der Waals surface area contributed by atoms with Gasteiger partial charge < -0.3 is 10.1 Å². The van der Waals surface area contributed by atoms with Crippen molar-refractivity contribution < 1.29 is 9.53 Å². The van der Waals surface area contributed by atoms with Crippen LogP contribution in [0.25, 0.3) is 0 Å². The lowest BCUT2D eigenvalue weighted by Gasteiger charge is -2.38. The molecule has 0 spiro atoms. The molecule has 1 aromatic carbocycles. The third-order valence-corrected chi connectivity index (χ3v) is 4.21. The predicted molar refractivity (Wildman–Crippen MR) is 76.8 cm³/mol. The summed E-state index contributed by atoms with van der Waals surface area (Å²) in [5.41, 5.74) is 2.51. The summed E-state index contributed by atoms with van der Waals surface area (Å²) in [4.78, 5) is 11.6.